The van der Waals surface area contributed by atoms with Gasteiger partial charge in [0.05, 0.1) is 29.5 Å². The van der Waals surface area contributed by atoms with Gasteiger partial charge in [0.2, 0.25) is 5.95 Å². The topological polar surface area (TPSA) is 128 Å². The molecule has 12 heteroatoms. The van der Waals surface area contributed by atoms with Gasteiger partial charge in [0.15, 0.2) is 0 Å². The van der Waals surface area contributed by atoms with Gasteiger partial charge in [-0.05, 0) is 71.1 Å². The highest BCUT2D eigenvalue weighted by Crippen LogP contribution is 2.45. The summed E-state index contributed by atoms with van der Waals surface area (Å²) in [6.07, 6.45) is 7.37. The van der Waals surface area contributed by atoms with Crippen LogP contribution in [0.5, 0.6) is 5.75 Å². The van der Waals surface area contributed by atoms with E-state index in [0.717, 1.165) is 55.5 Å². The fraction of sp³-hybridized carbons (Fsp3) is 0.441. The van der Waals surface area contributed by atoms with Crippen molar-refractivity contribution in [2.45, 2.75) is 45.6 Å². The smallest absolute Gasteiger partial charge is 0.342 e. The lowest BCUT2D eigenvalue weighted by Crippen LogP contribution is -2.46. The Morgan fingerprint density at radius 3 is 2.43 bits per heavy atom. The lowest BCUT2D eigenvalue weighted by atomic mass is 9.71. The quantitative estimate of drug-likeness (QED) is 0.138. The summed E-state index contributed by atoms with van der Waals surface area (Å²) in [5.74, 6) is 0.0518. The number of nitrogens with one attached hydrogen (secondary N) is 1. The van der Waals surface area contributed by atoms with Gasteiger partial charge in [0.25, 0.3) is 5.69 Å². The van der Waals surface area contributed by atoms with E-state index in [9.17, 15) is 14.9 Å². The minimum atomic E-state index is -0.536. The number of rotatable bonds is 8. The number of carbonyl (C=O) groups excluding carboxylic acids is 1. The molecule has 2 aliphatic heterocycles. The molecule has 2 aromatic heterocycles. The summed E-state index contributed by atoms with van der Waals surface area (Å²) in [6, 6.07) is 11.1. The predicted molar refractivity (Wildman–Crippen MR) is 178 cm³/mol. The fourth-order valence-electron chi connectivity index (χ4n) is 6.76. The summed E-state index contributed by atoms with van der Waals surface area (Å²) >= 11 is 0. The van der Waals surface area contributed by atoms with Gasteiger partial charge < -0.3 is 29.2 Å². The number of fused-ring (bicyclic) bond motifs is 1. The maximum Gasteiger partial charge on any atom is 0.342 e. The molecule has 2 saturated heterocycles. The second-order valence-corrected chi connectivity index (χ2v) is 12.8. The summed E-state index contributed by atoms with van der Waals surface area (Å²) in [5.41, 5.74) is 3.51. The second-order valence-electron chi connectivity index (χ2n) is 12.8. The lowest BCUT2D eigenvalue weighted by Gasteiger charge is -2.46. The van der Waals surface area contributed by atoms with Crippen LogP contribution in [-0.4, -0.2) is 76.8 Å². The zero-order chi connectivity index (χ0) is 32.6. The van der Waals surface area contributed by atoms with Crippen molar-refractivity contribution in [2.75, 3.05) is 50.6 Å². The number of nitrogens with zero attached hydrogens (tertiary/aromatic N) is 6. The zero-order valence-corrected chi connectivity index (χ0v) is 27.1. The third-order valence-corrected chi connectivity index (χ3v) is 9.46. The lowest BCUT2D eigenvalue weighted by molar-refractivity contribution is -0.384. The molecule has 1 spiro atoms. The number of benzene rings is 2. The van der Waals surface area contributed by atoms with E-state index >= 15 is 0 Å². The number of anilines is 3. The molecular weight excluding hydrogens is 586 g/mol. The number of ether oxygens (including phenoxy) is 2. The average molecular weight is 628 g/mol. The van der Waals surface area contributed by atoms with Crippen molar-refractivity contribution in [2.24, 2.45) is 12.5 Å². The van der Waals surface area contributed by atoms with Gasteiger partial charge in [-0.2, -0.15) is 0 Å². The van der Waals surface area contributed by atoms with E-state index in [0.29, 0.717) is 28.2 Å². The first-order valence-electron chi connectivity index (χ1n) is 15.8. The van der Waals surface area contributed by atoms with E-state index in [1.807, 2.05) is 42.1 Å². The molecule has 2 aromatic carbocycles. The van der Waals surface area contributed by atoms with E-state index < -0.39 is 5.97 Å². The van der Waals surface area contributed by atoms with E-state index in [1.165, 1.54) is 32.2 Å². The highest BCUT2D eigenvalue weighted by Gasteiger charge is 2.38. The number of piperidine rings is 2. The highest BCUT2D eigenvalue weighted by atomic mass is 16.6. The molecule has 2 aliphatic rings. The number of nitro benzene ring substituents is 1. The molecule has 0 bridgehead atoms. The second kappa shape index (κ2) is 12.6. The minimum Gasteiger partial charge on any atom is -0.494 e. The zero-order valence-electron chi connectivity index (χ0n) is 27.1. The molecule has 2 fully saturated rings. The molecule has 6 rings (SSSR count). The Hall–Kier alpha value is -4.71. The number of carbonyl (C=O) groups is 1. The van der Waals surface area contributed by atoms with Crippen molar-refractivity contribution >= 4 is 39.9 Å². The standard InChI is InChI=1S/C34H41N7O5/c1-22(2)46-32(42)24-20-35-33(37-31(24)25-21-39(4)27-9-7-6-8-23(25)27)36-26-18-29(41(43)44)28(19-30(26)45-5)40-16-12-34(13-17-40)10-14-38(3)15-11-34/h6-9,18-22H,10-17H2,1-5H3,(H,35,36,37). The van der Waals surface area contributed by atoms with Crippen LogP contribution < -0.4 is 15.0 Å². The van der Waals surface area contributed by atoms with Crippen LogP contribution in [0.4, 0.5) is 23.0 Å². The predicted octanol–water partition coefficient (Wildman–Crippen LogP) is 6.17. The van der Waals surface area contributed by atoms with Crippen LogP contribution in [0.15, 0.2) is 48.8 Å². The van der Waals surface area contributed by atoms with E-state index in [1.54, 1.807) is 19.9 Å². The van der Waals surface area contributed by atoms with Crippen molar-refractivity contribution in [3.63, 3.8) is 0 Å². The van der Waals surface area contributed by atoms with Crippen LogP contribution in [0.2, 0.25) is 0 Å². The maximum atomic E-state index is 13.2. The van der Waals surface area contributed by atoms with Gasteiger partial charge in [0.1, 0.15) is 17.0 Å². The first-order valence-corrected chi connectivity index (χ1v) is 15.8. The molecule has 46 heavy (non-hydrogen) atoms. The van der Waals surface area contributed by atoms with Crippen molar-refractivity contribution in [1.29, 1.82) is 0 Å². The van der Waals surface area contributed by atoms with Crippen LogP contribution >= 0.6 is 0 Å². The minimum absolute atomic E-state index is 0.0194. The summed E-state index contributed by atoms with van der Waals surface area (Å²) in [7, 11) is 5.63. The van der Waals surface area contributed by atoms with Crippen LogP contribution in [0.1, 0.15) is 49.9 Å². The number of para-hydroxylation sites is 1. The van der Waals surface area contributed by atoms with Gasteiger partial charge in [-0.15, -0.1) is 0 Å². The van der Waals surface area contributed by atoms with Crippen molar-refractivity contribution < 1.29 is 19.2 Å². The number of nitro groups is 1. The summed E-state index contributed by atoms with van der Waals surface area (Å²) in [4.78, 5) is 38.9. The molecule has 0 atom stereocenters. The molecule has 0 saturated carbocycles. The summed E-state index contributed by atoms with van der Waals surface area (Å²) < 4.78 is 13.2. The Morgan fingerprint density at radius 2 is 1.76 bits per heavy atom. The fourth-order valence-corrected chi connectivity index (χ4v) is 6.76. The van der Waals surface area contributed by atoms with Gasteiger partial charge in [-0.3, -0.25) is 10.1 Å². The van der Waals surface area contributed by atoms with Crippen LogP contribution in [0.25, 0.3) is 22.2 Å². The average Bonchev–Trinajstić information content (AvgIpc) is 3.38. The molecule has 12 nitrogen and oxygen atoms in total. The maximum absolute atomic E-state index is 13.2. The Balaban J connectivity index is 1.34. The van der Waals surface area contributed by atoms with Crippen molar-refractivity contribution in [1.82, 2.24) is 19.4 Å². The SMILES string of the molecule is COc1cc(N2CCC3(CCN(C)CC3)CC2)c([N+](=O)[O-])cc1Nc1ncc(C(=O)OC(C)C)c(-c2cn(C)c3ccccc23)n1. The Bertz CT molecular complexity index is 1770. The first kappa shape index (κ1) is 31.3. The van der Waals surface area contributed by atoms with E-state index in [-0.39, 0.29) is 28.2 Å². The molecule has 4 heterocycles. The third kappa shape index (κ3) is 6.09. The number of methoxy groups -OCH3 is 1. The van der Waals surface area contributed by atoms with E-state index in [4.69, 9.17) is 14.5 Å². The molecule has 0 aliphatic carbocycles. The third-order valence-electron chi connectivity index (χ3n) is 9.46. The van der Waals surface area contributed by atoms with Crippen LogP contribution in [0.3, 0.4) is 0 Å². The first-order chi connectivity index (χ1) is 22.1. The molecule has 0 amide bonds. The number of esters is 1. The number of hydrogen-bond donors (Lipinski definition) is 1. The number of hydrogen-bond acceptors (Lipinski definition) is 10. The monoisotopic (exact) mass is 627 g/mol. The Labute approximate surface area is 268 Å². The molecule has 0 radical (unpaired) electrons. The molecule has 242 valence electrons. The number of aryl methyl sites for hydroxylation is 1. The van der Waals surface area contributed by atoms with Crippen molar-refractivity contribution in [3.8, 4) is 17.0 Å². The number of aromatic nitrogens is 3. The largest absolute Gasteiger partial charge is 0.494 e. The Morgan fingerprint density at radius 1 is 1.07 bits per heavy atom. The molecular formula is C34H41N7O5. The van der Waals surface area contributed by atoms with Crippen LogP contribution in [-0.2, 0) is 11.8 Å². The Kier molecular flexibility index (Phi) is 8.56. The number of likely N-dealkylation sites (tertiary alicyclic amines) is 1. The summed E-state index contributed by atoms with van der Waals surface area (Å²) in [6.45, 7) is 7.27. The highest BCUT2D eigenvalue weighted by molar-refractivity contribution is 6.03. The van der Waals surface area contributed by atoms with Gasteiger partial charge in [0, 0.05) is 61.1 Å². The molecule has 0 unspecified atom stereocenters. The summed E-state index contributed by atoms with van der Waals surface area (Å²) in [5, 5.41) is 16.4. The van der Waals surface area contributed by atoms with Crippen molar-refractivity contribution in [3.05, 3.63) is 64.5 Å². The molecule has 4 aromatic rings. The normalized spacial score (nSPS) is 16.6. The van der Waals surface area contributed by atoms with Gasteiger partial charge in [-0.1, -0.05) is 18.2 Å². The molecule has 1 N–H and O–H groups in total. The van der Waals surface area contributed by atoms with Crippen LogP contribution in [0, 0.1) is 15.5 Å². The van der Waals surface area contributed by atoms with E-state index in [2.05, 4.69) is 27.1 Å². The van der Waals surface area contributed by atoms with Gasteiger partial charge >= 0.3 is 5.97 Å². The van der Waals surface area contributed by atoms with Gasteiger partial charge in [-0.25, -0.2) is 14.8 Å².